The number of rotatable bonds is 4. The maximum atomic E-state index is 13.6. The molecule has 8 heteroatoms. The molecule has 1 atom stereocenters. The quantitative estimate of drug-likeness (QED) is 0.855. The van der Waals surface area contributed by atoms with Crippen molar-refractivity contribution in [3.8, 4) is 0 Å². The second kappa shape index (κ2) is 6.38. The normalized spacial score (nSPS) is 20.9. The third kappa shape index (κ3) is 3.69. The second-order valence-electron chi connectivity index (χ2n) is 4.83. The highest BCUT2D eigenvalue weighted by molar-refractivity contribution is 9.10. The molecule has 1 saturated heterocycles. The maximum Gasteiger partial charge on any atom is 0.301 e. The smallest absolute Gasteiger partial charge is 0.301 e. The highest BCUT2D eigenvalue weighted by Gasteiger charge is 2.28. The van der Waals surface area contributed by atoms with Crippen molar-refractivity contribution >= 4 is 31.8 Å². The van der Waals surface area contributed by atoms with Crippen LogP contribution < -0.4 is 10.5 Å². The Hall–Kier alpha value is -0.700. The van der Waals surface area contributed by atoms with Gasteiger partial charge in [-0.05, 0) is 43.5 Å². The van der Waals surface area contributed by atoms with Crippen LogP contribution in [0.4, 0.5) is 10.1 Å². The second-order valence-corrected chi connectivity index (χ2v) is 7.42. The lowest BCUT2D eigenvalue weighted by atomic mass is 10.0. The molecule has 0 amide bonds. The van der Waals surface area contributed by atoms with Gasteiger partial charge in [0.05, 0.1) is 5.69 Å². The van der Waals surface area contributed by atoms with Gasteiger partial charge < -0.3 is 5.73 Å². The summed E-state index contributed by atoms with van der Waals surface area (Å²) in [5.41, 5.74) is 5.54. The number of anilines is 1. The Bertz CT molecular complexity index is 582. The number of halogens is 2. The largest absolute Gasteiger partial charge is 0.330 e. The molecular formula is C12H17BrFN3O2S. The zero-order valence-electron chi connectivity index (χ0n) is 10.9. The van der Waals surface area contributed by atoms with E-state index in [4.69, 9.17) is 5.73 Å². The van der Waals surface area contributed by atoms with Crippen LogP contribution in [0.2, 0.25) is 0 Å². The van der Waals surface area contributed by atoms with Gasteiger partial charge >= 0.3 is 10.2 Å². The van der Waals surface area contributed by atoms with E-state index in [9.17, 15) is 12.8 Å². The van der Waals surface area contributed by atoms with Crippen LogP contribution in [-0.2, 0) is 10.2 Å². The first-order valence-corrected chi connectivity index (χ1v) is 8.58. The molecule has 1 aliphatic rings. The topological polar surface area (TPSA) is 75.4 Å². The predicted molar refractivity (Wildman–Crippen MR) is 80.0 cm³/mol. The van der Waals surface area contributed by atoms with Gasteiger partial charge in [0.2, 0.25) is 0 Å². The lowest BCUT2D eigenvalue weighted by Gasteiger charge is -2.31. The van der Waals surface area contributed by atoms with Gasteiger partial charge in [-0.15, -0.1) is 0 Å². The van der Waals surface area contributed by atoms with E-state index in [0.717, 1.165) is 12.8 Å². The van der Waals surface area contributed by atoms with Gasteiger partial charge in [0, 0.05) is 17.6 Å². The highest BCUT2D eigenvalue weighted by atomic mass is 79.9. The van der Waals surface area contributed by atoms with Crippen molar-refractivity contribution < 1.29 is 12.8 Å². The van der Waals surface area contributed by atoms with E-state index in [0.29, 0.717) is 24.1 Å². The molecule has 1 unspecified atom stereocenters. The molecule has 5 nitrogen and oxygen atoms in total. The molecule has 112 valence electrons. The maximum absolute atomic E-state index is 13.6. The van der Waals surface area contributed by atoms with Crippen LogP contribution in [0.3, 0.4) is 0 Å². The van der Waals surface area contributed by atoms with Crippen LogP contribution in [0.25, 0.3) is 0 Å². The Morgan fingerprint density at radius 1 is 1.50 bits per heavy atom. The Morgan fingerprint density at radius 2 is 2.25 bits per heavy atom. The van der Waals surface area contributed by atoms with Crippen molar-refractivity contribution in [1.82, 2.24) is 4.31 Å². The first-order valence-electron chi connectivity index (χ1n) is 6.35. The van der Waals surface area contributed by atoms with Crippen molar-refractivity contribution in [1.29, 1.82) is 0 Å². The molecule has 20 heavy (non-hydrogen) atoms. The molecule has 1 aromatic rings. The summed E-state index contributed by atoms with van der Waals surface area (Å²) >= 11 is 3.19. The minimum absolute atomic E-state index is 0.0609. The Morgan fingerprint density at radius 3 is 2.95 bits per heavy atom. The number of nitrogens with zero attached hydrogens (tertiary/aromatic N) is 1. The molecule has 0 radical (unpaired) electrons. The Kier molecular flexibility index (Phi) is 5.00. The minimum atomic E-state index is -3.75. The van der Waals surface area contributed by atoms with Crippen LogP contribution >= 0.6 is 15.9 Å². The molecule has 0 bridgehead atoms. The number of piperidine rings is 1. The van der Waals surface area contributed by atoms with E-state index >= 15 is 0 Å². The van der Waals surface area contributed by atoms with Crippen LogP contribution in [0.15, 0.2) is 22.7 Å². The van der Waals surface area contributed by atoms with Crippen LogP contribution in [0.5, 0.6) is 0 Å². The van der Waals surface area contributed by atoms with E-state index in [1.54, 1.807) is 0 Å². The summed E-state index contributed by atoms with van der Waals surface area (Å²) in [5.74, 6) is -0.447. The van der Waals surface area contributed by atoms with Crippen molar-refractivity contribution in [2.24, 2.45) is 11.7 Å². The first-order chi connectivity index (χ1) is 9.42. The average Bonchev–Trinajstić information content (AvgIpc) is 2.43. The number of hydrogen-bond donors (Lipinski definition) is 2. The zero-order chi connectivity index (χ0) is 14.8. The summed E-state index contributed by atoms with van der Waals surface area (Å²) in [6.07, 6.45) is 1.69. The van der Waals surface area contributed by atoms with Gasteiger partial charge in [0.1, 0.15) is 5.82 Å². The van der Waals surface area contributed by atoms with Crippen LogP contribution in [0, 0.1) is 11.7 Å². The molecule has 1 fully saturated rings. The van der Waals surface area contributed by atoms with Gasteiger partial charge in [-0.25, -0.2) is 4.39 Å². The zero-order valence-corrected chi connectivity index (χ0v) is 13.3. The van der Waals surface area contributed by atoms with E-state index in [2.05, 4.69) is 20.7 Å². The molecule has 1 aliphatic heterocycles. The molecule has 0 saturated carbocycles. The lowest BCUT2D eigenvalue weighted by Crippen LogP contribution is -2.44. The van der Waals surface area contributed by atoms with Crippen molar-refractivity contribution in [3.63, 3.8) is 0 Å². The molecule has 0 aliphatic carbocycles. The fourth-order valence-corrected chi connectivity index (χ4v) is 3.92. The van der Waals surface area contributed by atoms with Gasteiger partial charge in [-0.2, -0.15) is 12.7 Å². The summed E-state index contributed by atoms with van der Waals surface area (Å²) in [6.45, 7) is 1.26. The van der Waals surface area contributed by atoms with Crippen LogP contribution in [0.1, 0.15) is 12.8 Å². The Labute approximate surface area is 126 Å². The summed E-state index contributed by atoms with van der Waals surface area (Å²) in [5, 5.41) is 0. The molecule has 0 spiro atoms. The molecule has 2 rings (SSSR count). The number of nitrogens with two attached hydrogens (primary N) is 1. The predicted octanol–water partition coefficient (Wildman–Crippen LogP) is 1.92. The molecule has 0 aromatic heterocycles. The van der Waals surface area contributed by atoms with Gasteiger partial charge in [-0.3, -0.25) is 4.72 Å². The number of nitrogens with one attached hydrogen (secondary N) is 1. The van der Waals surface area contributed by atoms with E-state index in [1.165, 1.54) is 22.5 Å². The van der Waals surface area contributed by atoms with E-state index in [1.807, 2.05) is 0 Å². The molecule has 3 N–H and O–H groups in total. The van der Waals surface area contributed by atoms with Gasteiger partial charge in [0.25, 0.3) is 0 Å². The molecule has 1 heterocycles. The van der Waals surface area contributed by atoms with Gasteiger partial charge in [-0.1, -0.05) is 15.9 Å². The summed E-state index contributed by atoms with van der Waals surface area (Å²) in [7, 11) is -3.75. The highest BCUT2D eigenvalue weighted by Crippen LogP contribution is 2.24. The summed E-state index contributed by atoms with van der Waals surface area (Å²) in [4.78, 5) is 0. The van der Waals surface area contributed by atoms with E-state index in [-0.39, 0.29) is 11.6 Å². The third-order valence-electron chi connectivity index (χ3n) is 3.32. The number of hydrogen-bond acceptors (Lipinski definition) is 3. The Balaban J connectivity index is 2.16. The molecular weight excluding hydrogens is 349 g/mol. The minimum Gasteiger partial charge on any atom is -0.330 e. The van der Waals surface area contributed by atoms with Crippen molar-refractivity contribution in [3.05, 3.63) is 28.5 Å². The molecule has 1 aromatic carbocycles. The average molecular weight is 366 g/mol. The fourth-order valence-electron chi connectivity index (χ4n) is 2.22. The third-order valence-corrected chi connectivity index (χ3v) is 5.30. The summed E-state index contributed by atoms with van der Waals surface area (Å²) < 4.78 is 42.4. The first kappa shape index (κ1) is 15.7. The van der Waals surface area contributed by atoms with Gasteiger partial charge in [0.15, 0.2) is 0 Å². The summed E-state index contributed by atoms with van der Waals surface area (Å²) in [6, 6.07) is 4.12. The number of benzene rings is 1. The fraction of sp³-hybridized carbons (Fsp3) is 0.500. The van der Waals surface area contributed by atoms with Crippen molar-refractivity contribution in [2.75, 3.05) is 24.4 Å². The standard InChI is InChI=1S/C12H17BrFN3O2S/c13-10-3-4-11(14)12(6-10)16-20(18,19)17-5-1-2-9(7-15)8-17/h3-4,6,9,16H,1-2,5,7-8,15H2. The van der Waals surface area contributed by atoms with Crippen LogP contribution in [-0.4, -0.2) is 32.4 Å². The lowest BCUT2D eigenvalue weighted by molar-refractivity contribution is 0.273. The monoisotopic (exact) mass is 365 g/mol. The van der Waals surface area contributed by atoms with E-state index < -0.39 is 16.0 Å². The van der Waals surface area contributed by atoms with Crippen molar-refractivity contribution in [2.45, 2.75) is 12.8 Å². The SMILES string of the molecule is NCC1CCCN(S(=O)(=O)Nc2cc(Br)ccc2F)C1.